The average molecular weight is 317 g/mol. The monoisotopic (exact) mass is 317 g/mol. The fourth-order valence-electron chi connectivity index (χ4n) is 1.86. The van der Waals surface area contributed by atoms with Gasteiger partial charge in [-0.25, -0.2) is 4.99 Å². The average Bonchev–Trinajstić information content (AvgIpc) is 2.80. The van der Waals surface area contributed by atoms with Crippen LogP contribution in [0.2, 0.25) is 0 Å². The van der Waals surface area contributed by atoms with E-state index in [-0.39, 0.29) is 0 Å². The zero-order valence-corrected chi connectivity index (χ0v) is 14.9. The van der Waals surface area contributed by atoms with Gasteiger partial charge in [0.15, 0.2) is 0 Å². The molecule has 0 saturated heterocycles. The van der Waals surface area contributed by atoms with Crippen LogP contribution in [0.15, 0.2) is 17.1 Å². The molecule has 1 aromatic heterocycles. The highest BCUT2D eigenvalue weighted by Crippen LogP contribution is 2.35. The second-order valence-corrected chi connectivity index (χ2v) is 6.24. The molecule has 0 amide bonds. The van der Waals surface area contributed by atoms with Crippen molar-refractivity contribution in [1.82, 2.24) is 9.27 Å². The molecule has 0 unspecified atom stereocenters. The molecule has 0 fully saturated rings. The lowest BCUT2D eigenvalue weighted by Gasteiger charge is -2.12. The van der Waals surface area contributed by atoms with Crippen molar-refractivity contribution in [1.29, 1.82) is 0 Å². The highest BCUT2D eigenvalue weighted by molar-refractivity contribution is 7.08. The van der Waals surface area contributed by atoms with E-state index in [1.165, 1.54) is 11.5 Å². The van der Waals surface area contributed by atoms with Crippen molar-refractivity contribution >= 4 is 23.6 Å². The second-order valence-electron chi connectivity index (χ2n) is 5.50. The second kappa shape index (κ2) is 6.92. The molecule has 0 radical (unpaired) electrons. The fourth-order valence-corrected chi connectivity index (χ4v) is 2.62. The number of nitrogens with zero attached hydrogens (tertiary/aromatic N) is 3. The maximum absolute atomic E-state index is 6.04. The summed E-state index contributed by atoms with van der Waals surface area (Å²) in [6.45, 7) is 11.2. The van der Waals surface area contributed by atoms with Crippen LogP contribution in [0.4, 0.5) is 5.69 Å². The van der Waals surface area contributed by atoms with E-state index in [4.69, 9.17) is 4.74 Å². The molecular formula is C17H23N3OS. The van der Waals surface area contributed by atoms with E-state index in [1.807, 2.05) is 45.1 Å². The van der Waals surface area contributed by atoms with Gasteiger partial charge in [-0.3, -0.25) is 0 Å². The summed E-state index contributed by atoms with van der Waals surface area (Å²) in [6, 6.07) is 4.11. The van der Waals surface area contributed by atoms with Crippen LogP contribution in [0.5, 0.6) is 10.8 Å². The van der Waals surface area contributed by atoms with Crippen LogP contribution in [0.25, 0.3) is 0 Å². The third-order valence-corrected chi connectivity index (χ3v) is 4.62. The zero-order valence-electron chi connectivity index (χ0n) is 14.1. The van der Waals surface area contributed by atoms with E-state index >= 15 is 0 Å². The molecule has 118 valence electrons. The summed E-state index contributed by atoms with van der Waals surface area (Å²) in [5.41, 5.74) is 5.27. The summed E-state index contributed by atoms with van der Waals surface area (Å²) in [5.74, 6) is 0.868. The van der Waals surface area contributed by atoms with Crippen molar-refractivity contribution in [3.63, 3.8) is 0 Å². The first-order valence-corrected chi connectivity index (χ1v) is 8.16. The normalized spacial score (nSPS) is 11.2. The zero-order chi connectivity index (χ0) is 16.3. The molecule has 22 heavy (non-hydrogen) atoms. The number of aliphatic imine (C=N–C) groups is 1. The molecule has 0 aliphatic rings. The number of ether oxygens (including phenoxy) is 1. The Labute approximate surface area is 136 Å². The summed E-state index contributed by atoms with van der Waals surface area (Å²) in [5, 5.41) is 0.863. The minimum Gasteiger partial charge on any atom is -0.445 e. The van der Waals surface area contributed by atoms with E-state index in [2.05, 4.69) is 29.3 Å². The Morgan fingerprint density at radius 2 is 1.95 bits per heavy atom. The predicted octanol–water partition coefficient (Wildman–Crippen LogP) is 4.78. The topological polar surface area (TPSA) is 37.7 Å². The molecule has 0 bridgehead atoms. The predicted molar refractivity (Wildman–Crippen MR) is 94.0 cm³/mol. The van der Waals surface area contributed by atoms with Crippen molar-refractivity contribution in [2.75, 3.05) is 13.6 Å². The van der Waals surface area contributed by atoms with E-state index in [9.17, 15) is 0 Å². The molecule has 5 heteroatoms. The third kappa shape index (κ3) is 3.65. The van der Waals surface area contributed by atoms with Gasteiger partial charge in [-0.2, -0.15) is 4.37 Å². The molecule has 0 aliphatic heterocycles. The Balaban J connectivity index is 2.26. The van der Waals surface area contributed by atoms with E-state index in [0.717, 1.165) is 45.4 Å². The van der Waals surface area contributed by atoms with Gasteiger partial charge in [0.2, 0.25) is 5.06 Å². The van der Waals surface area contributed by atoms with Crippen LogP contribution in [-0.2, 0) is 0 Å². The minimum atomic E-state index is 0.863. The molecule has 0 spiro atoms. The van der Waals surface area contributed by atoms with Crippen molar-refractivity contribution in [3.05, 3.63) is 34.5 Å². The first-order chi connectivity index (χ1) is 10.4. The van der Waals surface area contributed by atoms with Gasteiger partial charge in [0.1, 0.15) is 5.75 Å². The third-order valence-electron chi connectivity index (χ3n) is 3.70. The van der Waals surface area contributed by atoms with Crippen molar-refractivity contribution in [2.24, 2.45) is 4.99 Å². The van der Waals surface area contributed by atoms with Crippen molar-refractivity contribution < 1.29 is 4.74 Å². The molecule has 1 aromatic carbocycles. The van der Waals surface area contributed by atoms with Gasteiger partial charge in [-0.15, -0.1) is 0 Å². The molecule has 0 atom stereocenters. The Morgan fingerprint density at radius 3 is 2.55 bits per heavy atom. The van der Waals surface area contributed by atoms with Crippen molar-refractivity contribution in [3.8, 4) is 10.8 Å². The molecule has 0 aliphatic carbocycles. The number of aryl methyl sites for hydroxylation is 3. The molecule has 0 N–H and O–H groups in total. The van der Waals surface area contributed by atoms with Crippen LogP contribution in [0.1, 0.15) is 29.3 Å². The Hall–Kier alpha value is -1.88. The van der Waals surface area contributed by atoms with Crippen molar-refractivity contribution in [2.45, 2.75) is 34.6 Å². The number of hydrogen-bond donors (Lipinski definition) is 0. The first-order valence-electron chi connectivity index (χ1n) is 7.38. The van der Waals surface area contributed by atoms with Crippen LogP contribution < -0.4 is 4.74 Å². The molecule has 2 rings (SSSR count). The quantitative estimate of drug-likeness (QED) is 0.588. The standard InChI is InChI=1S/C17H23N3OS/c1-7-20(6)10-18-15-8-12(3)16(9-11(15)2)21-17-13(4)14(5)19-22-17/h8-10H,7H2,1-6H3/b18-10-. The van der Waals surface area contributed by atoms with Gasteiger partial charge in [-0.05, 0) is 57.9 Å². The van der Waals surface area contributed by atoms with Gasteiger partial charge in [-0.1, -0.05) is 0 Å². The van der Waals surface area contributed by atoms with Gasteiger partial charge in [0, 0.05) is 30.7 Å². The number of aromatic nitrogens is 1. The highest BCUT2D eigenvalue weighted by Gasteiger charge is 2.11. The maximum Gasteiger partial charge on any atom is 0.203 e. The lowest BCUT2D eigenvalue weighted by molar-refractivity contribution is 0.488. The van der Waals surface area contributed by atoms with Crippen LogP contribution in [0.3, 0.4) is 0 Å². The Morgan fingerprint density at radius 1 is 1.23 bits per heavy atom. The summed E-state index contributed by atoms with van der Waals surface area (Å²) in [4.78, 5) is 6.59. The summed E-state index contributed by atoms with van der Waals surface area (Å²) in [7, 11) is 2.01. The van der Waals surface area contributed by atoms with Gasteiger partial charge in [0.25, 0.3) is 0 Å². The SMILES string of the molecule is CCN(C)/C=N\c1cc(C)c(Oc2snc(C)c2C)cc1C. The summed E-state index contributed by atoms with van der Waals surface area (Å²) < 4.78 is 10.4. The largest absolute Gasteiger partial charge is 0.445 e. The maximum atomic E-state index is 6.04. The van der Waals surface area contributed by atoms with Crippen LogP contribution in [-0.4, -0.2) is 29.2 Å². The molecule has 1 heterocycles. The fraction of sp³-hybridized carbons (Fsp3) is 0.412. The summed E-state index contributed by atoms with van der Waals surface area (Å²) in [6.07, 6.45) is 1.86. The van der Waals surface area contributed by atoms with E-state index in [0.29, 0.717) is 0 Å². The van der Waals surface area contributed by atoms with E-state index < -0.39 is 0 Å². The number of benzene rings is 1. The summed E-state index contributed by atoms with van der Waals surface area (Å²) >= 11 is 1.40. The number of rotatable bonds is 5. The van der Waals surface area contributed by atoms with Crippen LogP contribution in [0, 0.1) is 27.7 Å². The van der Waals surface area contributed by atoms with Gasteiger partial charge in [0.05, 0.1) is 17.7 Å². The number of hydrogen-bond acceptors (Lipinski definition) is 4. The molecule has 4 nitrogen and oxygen atoms in total. The Kier molecular flexibility index (Phi) is 5.19. The van der Waals surface area contributed by atoms with E-state index in [1.54, 1.807) is 0 Å². The molecular weight excluding hydrogens is 294 g/mol. The highest BCUT2D eigenvalue weighted by atomic mass is 32.1. The lowest BCUT2D eigenvalue weighted by atomic mass is 10.1. The molecule has 0 saturated carbocycles. The lowest BCUT2D eigenvalue weighted by Crippen LogP contribution is -2.14. The minimum absolute atomic E-state index is 0.863. The Bertz CT molecular complexity index is 691. The van der Waals surface area contributed by atoms with Crippen LogP contribution >= 0.6 is 11.5 Å². The first kappa shape index (κ1) is 16.5. The molecule has 2 aromatic rings. The van der Waals surface area contributed by atoms with Gasteiger partial charge < -0.3 is 9.64 Å². The smallest absolute Gasteiger partial charge is 0.203 e. The van der Waals surface area contributed by atoms with Gasteiger partial charge >= 0.3 is 0 Å².